The van der Waals surface area contributed by atoms with E-state index in [1.165, 1.54) is 11.1 Å². The van der Waals surface area contributed by atoms with Crippen LogP contribution in [0.4, 0.5) is 0 Å². The van der Waals surface area contributed by atoms with Gasteiger partial charge >= 0.3 is 0 Å². The summed E-state index contributed by atoms with van der Waals surface area (Å²) in [6, 6.07) is 9.06. The summed E-state index contributed by atoms with van der Waals surface area (Å²) in [6.07, 6.45) is 12.2. The predicted molar refractivity (Wildman–Crippen MR) is 93.3 cm³/mol. The Morgan fingerprint density at radius 3 is 2.87 bits per heavy atom. The average molecular weight is 309 g/mol. The fourth-order valence-corrected chi connectivity index (χ4v) is 2.74. The number of nitrogens with zero attached hydrogens (tertiary/aromatic N) is 3. The van der Waals surface area contributed by atoms with Gasteiger partial charge in [0.25, 0.3) is 0 Å². The second-order valence-electron chi connectivity index (χ2n) is 5.76. The van der Waals surface area contributed by atoms with Gasteiger partial charge in [-0.2, -0.15) is 0 Å². The molecule has 0 saturated carbocycles. The number of aliphatic imine (C=N–C) groups is 1. The fourth-order valence-electron chi connectivity index (χ4n) is 2.74. The van der Waals surface area contributed by atoms with Gasteiger partial charge < -0.3 is 15.2 Å². The molecule has 1 aromatic carbocycles. The summed E-state index contributed by atoms with van der Waals surface area (Å²) in [7, 11) is 1.81. The SMILES string of the molecule is CN=C(NCc1cccc(Cn2ccnc2)c1)NC1CC=CC1. The van der Waals surface area contributed by atoms with Crippen LogP contribution in [0.2, 0.25) is 0 Å². The fraction of sp³-hybridized carbons (Fsp3) is 0.333. The minimum absolute atomic E-state index is 0.466. The van der Waals surface area contributed by atoms with E-state index in [0.717, 1.165) is 31.9 Å². The van der Waals surface area contributed by atoms with Crippen LogP contribution in [-0.2, 0) is 13.1 Å². The molecular weight excluding hydrogens is 286 g/mol. The molecule has 1 heterocycles. The summed E-state index contributed by atoms with van der Waals surface area (Å²) >= 11 is 0. The van der Waals surface area contributed by atoms with Gasteiger partial charge in [0.1, 0.15) is 0 Å². The highest BCUT2D eigenvalue weighted by atomic mass is 15.2. The Bertz CT molecular complexity index is 664. The van der Waals surface area contributed by atoms with E-state index in [2.05, 4.69) is 61.6 Å². The first-order chi connectivity index (χ1) is 11.3. The highest BCUT2D eigenvalue weighted by molar-refractivity contribution is 5.80. The molecule has 0 atom stereocenters. The summed E-state index contributed by atoms with van der Waals surface area (Å²) < 4.78 is 2.07. The Morgan fingerprint density at radius 1 is 1.30 bits per heavy atom. The molecule has 0 amide bonds. The highest BCUT2D eigenvalue weighted by Crippen LogP contribution is 2.09. The molecule has 2 aromatic rings. The Balaban J connectivity index is 1.54. The molecule has 0 radical (unpaired) electrons. The first-order valence-corrected chi connectivity index (χ1v) is 7.99. The van der Waals surface area contributed by atoms with Gasteiger partial charge in [0.2, 0.25) is 0 Å². The van der Waals surface area contributed by atoms with Crippen molar-refractivity contribution in [2.24, 2.45) is 4.99 Å². The molecule has 5 nitrogen and oxygen atoms in total. The zero-order valence-electron chi connectivity index (χ0n) is 13.4. The minimum atomic E-state index is 0.466. The van der Waals surface area contributed by atoms with E-state index >= 15 is 0 Å². The Hall–Kier alpha value is -2.56. The number of benzene rings is 1. The first kappa shape index (κ1) is 15.3. The van der Waals surface area contributed by atoms with Gasteiger partial charge in [0.05, 0.1) is 6.33 Å². The largest absolute Gasteiger partial charge is 0.353 e. The number of aromatic nitrogens is 2. The third kappa shape index (κ3) is 4.45. The molecular formula is C18H23N5. The molecule has 0 aliphatic heterocycles. The van der Waals surface area contributed by atoms with Crippen LogP contribution in [0.5, 0.6) is 0 Å². The van der Waals surface area contributed by atoms with Gasteiger partial charge in [0, 0.05) is 38.6 Å². The maximum absolute atomic E-state index is 4.30. The van der Waals surface area contributed by atoms with E-state index < -0.39 is 0 Å². The number of imidazole rings is 1. The Morgan fingerprint density at radius 2 is 2.13 bits per heavy atom. The van der Waals surface area contributed by atoms with Crippen LogP contribution in [-0.4, -0.2) is 28.6 Å². The van der Waals surface area contributed by atoms with Crippen molar-refractivity contribution in [3.05, 3.63) is 66.3 Å². The minimum Gasteiger partial charge on any atom is -0.353 e. The third-order valence-electron chi connectivity index (χ3n) is 3.95. The lowest BCUT2D eigenvalue weighted by molar-refractivity contribution is 0.633. The smallest absolute Gasteiger partial charge is 0.191 e. The molecule has 1 aromatic heterocycles. The maximum Gasteiger partial charge on any atom is 0.191 e. The predicted octanol–water partition coefficient (Wildman–Crippen LogP) is 2.32. The lowest BCUT2D eigenvalue weighted by Gasteiger charge is -2.17. The van der Waals surface area contributed by atoms with Crippen LogP contribution in [0.3, 0.4) is 0 Å². The van der Waals surface area contributed by atoms with Gasteiger partial charge in [-0.25, -0.2) is 4.98 Å². The van der Waals surface area contributed by atoms with Gasteiger partial charge in [-0.15, -0.1) is 0 Å². The lowest BCUT2D eigenvalue weighted by Crippen LogP contribution is -2.42. The molecule has 2 N–H and O–H groups in total. The van der Waals surface area contributed by atoms with Gasteiger partial charge in [0.15, 0.2) is 5.96 Å². The van der Waals surface area contributed by atoms with Crippen LogP contribution in [0.25, 0.3) is 0 Å². The molecule has 120 valence electrons. The summed E-state index contributed by atoms with van der Waals surface area (Å²) in [5, 5.41) is 6.84. The van der Waals surface area contributed by atoms with E-state index in [1.54, 1.807) is 6.20 Å². The van der Waals surface area contributed by atoms with Crippen molar-refractivity contribution in [3.8, 4) is 0 Å². The molecule has 0 saturated heterocycles. The molecule has 0 fully saturated rings. The number of guanidine groups is 1. The van der Waals surface area contributed by atoms with Crippen molar-refractivity contribution < 1.29 is 0 Å². The number of rotatable bonds is 5. The van der Waals surface area contributed by atoms with Crippen molar-refractivity contribution in [2.75, 3.05) is 7.05 Å². The Labute approximate surface area is 137 Å². The maximum atomic E-state index is 4.30. The van der Waals surface area contributed by atoms with Crippen molar-refractivity contribution in [1.29, 1.82) is 0 Å². The van der Waals surface area contributed by atoms with E-state index in [4.69, 9.17) is 0 Å². The van der Waals surface area contributed by atoms with Crippen LogP contribution in [0, 0.1) is 0 Å². The number of hydrogen-bond donors (Lipinski definition) is 2. The molecule has 5 heteroatoms. The van der Waals surface area contributed by atoms with Crippen molar-refractivity contribution in [1.82, 2.24) is 20.2 Å². The van der Waals surface area contributed by atoms with Gasteiger partial charge in [-0.1, -0.05) is 36.4 Å². The van der Waals surface area contributed by atoms with E-state index in [0.29, 0.717) is 6.04 Å². The molecule has 0 spiro atoms. The van der Waals surface area contributed by atoms with E-state index in [1.807, 2.05) is 19.6 Å². The van der Waals surface area contributed by atoms with Crippen molar-refractivity contribution >= 4 is 5.96 Å². The second kappa shape index (κ2) is 7.63. The number of hydrogen-bond acceptors (Lipinski definition) is 2. The quantitative estimate of drug-likeness (QED) is 0.506. The second-order valence-corrected chi connectivity index (χ2v) is 5.76. The van der Waals surface area contributed by atoms with E-state index in [-0.39, 0.29) is 0 Å². The average Bonchev–Trinajstić information content (AvgIpc) is 3.25. The van der Waals surface area contributed by atoms with Crippen molar-refractivity contribution in [3.63, 3.8) is 0 Å². The molecule has 0 bridgehead atoms. The van der Waals surface area contributed by atoms with Crippen LogP contribution < -0.4 is 10.6 Å². The summed E-state index contributed by atoms with van der Waals surface area (Å²) in [6.45, 7) is 1.60. The van der Waals surface area contributed by atoms with Gasteiger partial charge in [-0.05, 0) is 24.0 Å². The van der Waals surface area contributed by atoms with Crippen LogP contribution in [0.1, 0.15) is 24.0 Å². The summed E-state index contributed by atoms with van der Waals surface area (Å²) in [5.41, 5.74) is 2.51. The summed E-state index contributed by atoms with van der Waals surface area (Å²) in [5.74, 6) is 0.860. The number of nitrogens with one attached hydrogen (secondary N) is 2. The normalized spacial score (nSPS) is 15.1. The Kier molecular flexibility index (Phi) is 5.09. The molecule has 23 heavy (non-hydrogen) atoms. The topological polar surface area (TPSA) is 54.2 Å². The van der Waals surface area contributed by atoms with Crippen LogP contribution >= 0.6 is 0 Å². The van der Waals surface area contributed by atoms with Gasteiger partial charge in [-0.3, -0.25) is 4.99 Å². The third-order valence-corrected chi connectivity index (χ3v) is 3.95. The zero-order valence-corrected chi connectivity index (χ0v) is 13.4. The molecule has 3 rings (SSSR count). The van der Waals surface area contributed by atoms with Crippen molar-refractivity contribution in [2.45, 2.75) is 32.0 Å². The van der Waals surface area contributed by atoms with Crippen LogP contribution in [0.15, 0.2) is 60.1 Å². The molecule has 1 aliphatic rings. The highest BCUT2D eigenvalue weighted by Gasteiger charge is 2.11. The molecule has 1 aliphatic carbocycles. The standard InChI is InChI=1S/C18H23N5/c1-19-18(22-17-7-2-3-8-17)21-12-15-5-4-6-16(11-15)13-23-10-9-20-14-23/h2-6,9-11,14,17H,7-8,12-13H2,1H3,(H2,19,21,22). The monoisotopic (exact) mass is 309 g/mol. The zero-order chi connectivity index (χ0) is 15.9. The summed E-state index contributed by atoms with van der Waals surface area (Å²) in [4.78, 5) is 8.39. The first-order valence-electron chi connectivity index (χ1n) is 7.99. The van der Waals surface area contributed by atoms with E-state index in [9.17, 15) is 0 Å². The lowest BCUT2D eigenvalue weighted by atomic mass is 10.1. The molecule has 0 unspecified atom stereocenters.